The van der Waals surface area contributed by atoms with Gasteiger partial charge < -0.3 is 4.74 Å². The van der Waals surface area contributed by atoms with Crippen LogP contribution in [0.3, 0.4) is 0 Å². The number of rotatable bonds is 2. The maximum absolute atomic E-state index is 11.0. The van der Waals surface area contributed by atoms with Crippen molar-refractivity contribution in [3.63, 3.8) is 0 Å². The van der Waals surface area contributed by atoms with Crippen LogP contribution in [0.25, 0.3) is 0 Å². The molecular weight excluding hydrogens is 446 g/mol. The number of nitrogens with zero attached hydrogens (tertiary/aromatic N) is 2. The van der Waals surface area contributed by atoms with Crippen LogP contribution < -0.4 is 5.30 Å². The molecule has 0 N–H and O–H groups in total. The molecule has 0 saturated carbocycles. The molecule has 6 heteroatoms. The van der Waals surface area contributed by atoms with Gasteiger partial charge in [0, 0.05) is 0 Å². The molecule has 0 fully saturated rings. The van der Waals surface area contributed by atoms with Crippen LogP contribution in [0, 0.1) is 0 Å². The summed E-state index contributed by atoms with van der Waals surface area (Å²) < 4.78 is 4.50. The zero-order valence-electron chi connectivity index (χ0n) is 9.22. The molecule has 1 unspecified atom stereocenters. The molecule has 0 aliphatic heterocycles. The van der Waals surface area contributed by atoms with Gasteiger partial charge in [0.1, 0.15) is 0 Å². The molecule has 0 saturated heterocycles. The van der Waals surface area contributed by atoms with Crippen molar-refractivity contribution in [1.82, 2.24) is 10.2 Å². The minimum absolute atomic E-state index is 0. The van der Waals surface area contributed by atoms with E-state index in [-0.39, 0.29) is 5.69 Å². The third-order valence-electron chi connectivity index (χ3n) is 1.34. The van der Waals surface area contributed by atoms with Gasteiger partial charge in [-0.1, -0.05) is 22.4 Å². The summed E-state index contributed by atoms with van der Waals surface area (Å²) in [5.74, 6) is -0.442. The van der Waals surface area contributed by atoms with Crippen LogP contribution in [0.1, 0.15) is 24.3 Å². The molecule has 1 aromatic rings. The molecule has 0 bridgehead atoms. The Labute approximate surface area is 85.9 Å². The molecule has 0 aliphatic carbocycles. The number of carbonyl (C=O) groups excluding carboxylic acids is 1. The molecule has 1 rings (SSSR count). The first-order valence-electron chi connectivity index (χ1n) is 4.36. The van der Waals surface area contributed by atoms with Crippen LogP contribution >= 0.6 is 8.58 Å². The van der Waals surface area contributed by atoms with Gasteiger partial charge >= 0.3 is 5.97 Å². The van der Waals surface area contributed by atoms with E-state index in [1.54, 1.807) is 12.3 Å². The molecule has 0 spiro atoms. The van der Waals surface area contributed by atoms with E-state index in [9.17, 15) is 4.79 Å². The molecule has 0 aromatic carbocycles. The van der Waals surface area contributed by atoms with Crippen molar-refractivity contribution < 1.29 is 9.53 Å². The number of carbonyl (C=O) groups is 1. The Kier molecular flexibility index (Phi) is 8.83. The largest absolute Gasteiger partial charge is 0.464 e. The normalized spacial score (nSPS) is 8.80. The topological polar surface area (TPSA) is 52.1 Å². The predicted molar refractivity (Wildman–Crippen MR) is 58.6 cm³/mol. The number of ether oxygens (including phenoxy) is 1. The molecule has 0 amide bonds. The second-order valence-corrected chi connectivity index (χ2v) is 3.15. The van der Waals surface area contributed by atoms with Gasteiger partial charge in [0.15, 0.2) is 5.69 Å². The van der Waals surface area contributed by atoms with Crippen molar-refractivity contribution in [1.29, 1.82) is 0 Å². The van der Waals surface area contributed by atoms with Gasteiger partial charge in [-0.3, -0.25) is 0 Å². The second kappa shape index (κ2) is 8.57. The first-order chi connectivity index (χ1) is 6.77. The van der Waals surface area contributed by atoms with Crippen molar-refractivity contribution in [2.45, 2.75) is 13.8 Å². The zero-order chi connectivity index (χ0) is 11.0. The smallest absolute Gasteiger partial charge is 0.358 e. The van der Waals surface area contributed by atoms with E-state index in [1.165, 1.54) is 7.11 Å². The maximum atomic E-state index is 11.0. The fraction of sp³-hybridized carbons (Fsp3) is 0.444. The van der Waals surface area contributed by atoms with Crippen LogP contribution in [-0.2, 0) is 4.74 Å². The minimum Gasteiger partial charge on any atom is -0.464 e. The van der Waals surface area contributed by atoms with Crippen molar-refractivity contribution in [2.24, 2.45) is 0 Å². The summed E-state index contributed by atoms with van der Waals surface area (Å²) in [5, 5.41) is 8.32. The van der Waals surface area contributed by atoms with Gasteiger partial charge in [0.05, 0.1) is 13.3 Å². The molecule has 86 valence electrons. The first-order valence-corrected chi connectivity index (χ1v) is 5.86. The molecule has 1 heterocycles. The van der Waals surface area contributed by atoms with Crippen LogP contribution in [0.4, 0.5) is 0 Å². The summed E-state index contributed by atoms with van der Waals surface area (Å²) in [6.07, 6.45) is 1.64. The van der Waals surface area contributed by atoms with E-state index in [2.05, 4.69) is 14.9 Å². The summed E-state index contributed by atoms with van der Waals surface area (Å²) in [7, 11) is 1.93. The standard InChI is InChI=1S/C7H9N2O2P.C2H6.Cm/c1-11-7(10)6-3-5(12-2)4-8-9-6;1-2;/h3-4,12H,1-2H3;1-2H3;. The summed E-state index contributed by atoms with van der Waals surface area (Å²) in [4.78, 5) is 11.0. The summed E-state index contributed by atoms with van der Waals surface area (Å²) in [6.45, 7) is 6.01. The first kappa shape index (κ1) is 15.5. The number of methoxy groups -OCH3 is 1. The quantitative estimate of drug-likeness (QED) is 0.492. The molecule has 15 heavy (non-hydrogen) atoms. The van der Waals surface area contributed by atoms with E-state index in [0.29, 0.717) is 8.58 Å². The molecular formula is C9H15CmN2O2P. The SMILES string of the molecule is CC.COC(=O)c1cc(PC)cnn1.[Cm]. The van der Waals surface area contributed by atoms with E-state index < -0.39 is 5.97 Å². The molecule has 0 aliphatic rings. The van der Waals surface area contributed by atoms with Crippen molar-refractivity contribution in [3.05, 3.63) is 18.0 Å². The van der Waals surface area contributed by atoms with Gasteiger partial charge in [-0.2, -0.15) is 5.10 Å². The second-order valence-electron chi connectivity index (χ2n) is 2.07. The Hall–Kier alpha value is -2.02. The average molecular weight is 461 g/mol. The minimum atomic E-state index is -0.442. The van der Waals surface area contributed by atoms with Crippen LogP contribution in [0.2, 0.25) is 0 Å². The van der Waals surface area contributed by atoms with E-state index >= 15 is 0 Å². The van der Waals surface area contributed by atoms with Crippen molar-refractivity contribution in [3.8, 4) is 0 Å². The Morgan fingerprint density at radius 3 is 2.53 bits per heavy atom. The predicted octanol–water partition coefficient (Wildman–Crippen LogP) is 1.22. The maximum Gasteiger partial charge on any atom is 0.358 e. The summed E-state index contributed by atoms with van der Waals surface area (Å²) in [5.41, 5.74) is 0.268. The molecule has 1 atom stereocenters. The molecule has 4 nitrogen and oxygen atoms in total. The van der Waals surface area contributed by atoms with Crippen molar-refractivity contribution in [2.75, 3.05) is 13.8 Å². The third-order valence-corrected chi connectivity index (χ3v) is 2.19. The Morgan fingerprint density at radius 2 is 2.07 bits per heavy atom. The number of esters is 1. The summed E-state index contributed by atoms with van der Waals surface area (Å²) >= 11 is 0. The molecule has 0 radical (unpaired) electrons. The van der Waals surface area contributed by atoms with E-state index in [0.717, 1.165) is 5.30 Å². The zero-order valence-corrected chi connectivity index (χ0v) is 13.2. The number of hydrogen-bond acceptors (Lipinski definition) is 4. The fourth-order valence-electron chi connectivity index (χ4n) is 0.708. The van der Waals surface area contributed by atoms with Gasteiger partial charge in [0.2, 0.25) is 0 Å². The number of hydrogen-bond donors (Lipinski definition) is 0. The van der Waals surface area contributed by atoms with E-state index in [1.807, 2.05) is 20.5 Å². The van der Waals surface area contributed by atoms with Crippen LogP contribution in [0.15, 0.2) is 12.3 Å². The average Bonchev–Trinajstić information content (AvgIpc) is 2.30. The Morgan fingerprint density at radius 1 is 1.47 bits per heavy atom. The van der Waals surface area contributed by atoms with Gasteiger partial charge in [-0.25, -0.2) is 4.79 Å². The Balaban J connectivity index is 0. The third kappa shape index (κ3) is 4.67. The van der Waals surface area contributed by atoms with E-state index in [4.69, 9.17) is 0 Å². The van der Waals surface area contributed by atoms with Crippen molar-refractivity contribution >= 4 is 19.9 Å². The number of aromatic nitrogens is 2. The van der Waals surface area contributed by atoms with Gasteiger partial charge in [-0.15, -0.1) is 5.10 Å². The fourth-order valence-corrected chi connectivity index (χ4v) is 1.18. The van der Waals surface area contributed by atoms with Gasteiger partial charge in [0.25, 0.3) is 0 Å². The van der Waals surface area contributed by atoms with Crippen LogP contribution in [-0.4, -0.2) is 29.9 Å². The molecule has 1 aromatic heterocycles. The van der Waals surface area contributed by atoms with Gasteiger partial charge in [-0.05, 0) is 18.0 Å². The van der Waals surface area contributed by atoms with Crippen LogP contribution in [0.5, 0.6) is 0 Å². The Bertz CT molecular complexity index is 297. The monoisotopic (exact) mass is 457 g/mol. The summed E-state index contributed by atoms with van der Waals surface area (Å²) in [6, 6.07) is 1.69.